The summed E-state index contributed by atoms with van der Waals surface area (Å²) < 4.78 is 0. The van der Waals surface area contributed by atoms with E-state index in [1.165, 1.54) is 17.8 Å². The fraction of sp³-hybridized carbons (Fsp3) is 0.700. The lowest BCUT2D eigenvalue weighted by Crippen LogP contribution is -2.25. The molecule has 1 aromatic heterocycles. The molecule has 0 saturated heterocycles. The van der Waals surface area contributed by atoms with Crippen molar-refractivity contribution in [2.24, 2.45) is 5.92 Å². The Morgan fingerprint density at radius 3 is 3.15 bits per heavy atom. The number of hydrogen-bond acceptors (Lipinski definition) is 3. The molecule has 0 radical (unpaired) electrons. The molecule has 0 bridgehead atoms. The first kappa shape index (κ1) is 9.16. The number of rotatable bonds is 4. The van der Waals surface area contributed by atoms with Crippen molar-refractivity contribution in [1.82, 2.24) is 10.3 Å². The second-order valence-electron chi connectivity index (χ2n) is 4.07. The van der Waals surface area contributed by atoms with E-state index in [4.69, 9.17) is 0 Å². The Bertz CT molecular complexity index is 256. The highest BCUT2D eigenvalue weighted by atomic mass is 32.1. The highest BCUT2D eigenvalue weighted by Crippen LogP contribution is 2.48. The van der Waals surface area contributed by atoms with Crippen LogP contribution in [-0.4, -0.2) is 17.6 Å². The molecule has 0 spiro atoms. The van der Waals surface area contributed by atoms with Gasteiger partial charge in [0.1, 0.15) is 0 Å². The van der Waals surface area contributed by atoms with Gasteiger partial charge in [-0.1, -0.05) is 13.8 Å². The molecule has 0 aliphatic heterocycles. The predicted molar refractivity (Wildman–Crippen MR) is 56.1 cm³/mol. The van der Waals surface area contributed by atoms with E-state index < -0.39 is 0 Å². The van der Waals surface area contributed by atoms with Crippen LogP contribution in [0.25, 0.3) is 0 Å². The van der Waals surface area contributed by atoms with Gasteiger partial charge >= 0.3 is 0 Å². The monoisotopic (exact) mass is 196 g/mol. The molecule has 1 saturated carbocycles. The number of nitrogens with one attached hydrogen (secondary N) is 1. The zero-order chi connectivity index (χ0) is 9.26. The third kappa shape index (κ3) is 2.29. The highest BCUT2D eigenvalue weighted by Gasteiger charge is 2.38. The van der Waals surface area contributed by atoms with E-state index in [9.17, 15) is 0 Å². The summed E-state index contributed by atoms with van der Waals surface area (Å²) in [5.41, 5.74) is 1.93. The molecule has 1 aliphatic carbocycles. The lowest BCUT2D eigenvalue weighted by molar-refractivity contribution is 0.555. The average Bonchev–Trinajstić information content (AvgIpc) is 2.66. The van der Waals surface area contributed by atoms with Gasteiger partial charge in [-0.05, 0) is 24.8 Å². The Morgan fingerprint density at radius 1 is 1.69 bits per heavy atom. The summed E-state index contributed by atoms with van der Waals surface area (Å²) in [7, 11) is 0. The minimum atomic E-state index is 0.614. The summed E-state index contributed by atoms with van der Waals surface area (Å²) in [4.78, 5) is 5.58. The Kier molecular flexibility index (Phi) is 2.65. The van der Waals surface area contributed by atoms with Crippen molar-refractivity contribution in [1.29, 1.82) is 0 Å². The van der Waals surface area contributed by atoms with Crippen molar-refractivity contribution in [2.45, 2.75) is 32.2 Å². The maximum atomic E-state index is 4.11. The van der Waals surface area contributed by atoms with E-state index in [1.54, 1.807) is 11.3 Å². The zero-order valence-corrected chi connectivity index (χ0v) is 8.97. The van der Waals surface area contributed by atoms with Gasteiger partial charge in [0.25, 0.3) is 0 Å². The molecule has 3 heteroatoms. The van der Waals surface area contributed by atoms with Crippen molar-refractivity contribution in [3.05, 3.63) is 16.6 Å². The normalized spacial score (nSPS) is 26.7. The van der Waals surface area contributed by atoms with E-state index in [0.29, 0.717) is 6.04 Å². The third-order valence-corrected chi connectivity index (χ3v) is 3.44. The first-order valence-corrected chi connectivity index (χ1v) is 5.77. The van der Waals surface area contributed by atoms with Crippen molar-refractivity contribution in [3.8, 4) is 0 Å². The van der Waals surface area contributed by atoms with Crippen LogP contribution in [0.5, 0.6) is 0 Å². The molecule has 1 aliphatic rings. The number of nitrogens with zero attached hydrogens (tertiary/aromatic N) is 1. The Labute approximate surface area is 83.4 Å². The third-order valence-electron chi connectivity index (χ3n) is 2.53. The van der Waals surface area contributed by atoms with E-state index >= 15 is 0 Å². The minimum Gasteiger partial charge on any atom is -0.314 e. The fourth-order valence-electron chi connectivity index (χ4n) is 1.62. The SMILES string of the molecule is CC(C)NCC1CC1c1cncs1. The van der Waals surface area contributed by atoms with Crippen LogP contribution in [0.1, 0.15) is 31.1 Å². The first-order valence-electron chi connectivity index (χ1n) is 4.89. The van der Waals surface area contributed by atoms with Gasteiger partial charge in [0, 0.05) is 17.1 Å². The van der Waals surface area contributed by atoms with Gasteiger partial charge in [-0.3, -0.25) is 4.98 Å². The lowest BCUT2D eigenvalue weighted by Gasteiger charge is -2.06. The van der Waals surface area contributed by atoms with Crippen LogP contribution in [0.2, 0.25) is 0 Å². The van der Waals surface area contributed by atoms with E-state index in [-0.39, 0.29) is 0 Å². The molecule has 1 heterocycles. The molecule has 2 nitrogen and oxygen atoms in total. The van der Waals surface area contributed by atoms with Gasteiger partial charge in [-0.15, -0.1) is 11.3 Å². The van der Waals surface area contributed by atoms with E-state index in [0.717, 1.165) is 11.8 Å². The largest absolute Gasteiger partial charge is 0.314 e. The van der Waals surface area contributed by atoms with E-state index in [2.05, 4.69) is 24.1 Å². The summed E-state index contributed by atoms with van der Waals surface area (Å²) in [6.45, 7) is 5.56. The molecule has 2 rings (SSSR count). The molecule has 1 N–H and O–H groups in total. The maximum Gasteiger partial charge on any atom is 0.0794 e. The maximum absolute atomic E-state index is 4.11. The highest BCUT2D eigenvalue weighted by molar-refractivity contribution is 7.09. The van der Waals surface area contributed by atoms with Gasteiger partial charge in [0.15, 0.2) is 0 Å². The van der Waals surface area contributed by atoms with Gasteiger partial charge in [0.05, 0.1) is 5.51 Å². The molecular weight excluding hydrogens is 180 g/mol. The fourth-order valence-corrected chi connectivity index (χ4v) is 2.45. The Hall–Kier alpha value is -0.410. The zero-order valence-electron chi connectivity index (χ0n) is 8.16. The molecule has 1 fully saturated rings. The minimum absolute atomic E-state index is 0.614. The van der Waals surface area contributed by atoms with Gasteiger partial charge < -0.3 is 5.32 Å². The number of aromatic nitrogens is 1. The summed E-state index contributed by atoms with van der Waals surface area (Å²) in [6, 6.07) is 0.614. The standard InChI is InChI=1S/C10H16N2S/c1-7(2)12-4-8-3-9(8)10-5-11-6-13-10/h5-9,12H,3-4H2,1-2H3. The van der Waals surface area contributed by atoms with Crippen LogP contribution in [0, 0.1) is 5.92 Å². The van der Waals surface area contributed by atoms with Crippen molar-refractivity contribution >= 4 is 11.3 Å². The number of hydrogen-bond donors (Lipinski definition) is 1. The first-order chi connectivity index (χ1) is 6.27. The van der Waals surface area contributed by atoms with Gasteiger partial charge in [0.2, 0.25) is 0 Å². The predicted octanol–water partition coefficient (Wildman–Crippen LogP) is 2.24. The smallest absolute Gasteiger partial charge is 0.0794 e. The molecule has 0 aromatic carbocycles. The molecule has 2 unspecified atom stereocenters. The molecular formula is C10H16N2S. The van der Waals surface area contributed by atoms with Gasteiger partial charge in [-0.2, -0.15) is 0 Å². The Morgan fingerprint density at radius 2 is 2.54 bits per heavy atom. The van der Waals surface area contributed by atoms with Crippen LogP contribution >= 0.6 is 11.3 Å². The second kappa shape index (κ2) is 3.76. The topological polar surface area (TPSA) is 24.9 Å². The lowest BCUT2D eigenvalue weighted by atomic mass is 10.2. The van der Waals surface area contributed by atoms with Crippen LogP contribution in [0.3, 0.4) is 0 Å². The quantitative estimate of drug-likeness (QED) is 0.799. The Balaban J connectivity index is 1.77. The van der Waals surface area contributed by atoms with Crippen molar-refractivity contribution in [2.75, 3.05) is 6.54 Å². The average molecular weight is 196 g/mol. The summed E-state index contributed by atoms with van der Waals surface area (Å²) >= 11 is 1.79. The summed E-state index contributed by atoms with van der Waals surface area (Å²) in [5.74, 6) is 1.67. The molecule has 2 atom stereocenters. The molecule has 72 valence electrons. The molecule has 1 aromatic rings. The van der Waals surface area contributed by atoms with Crippen LogP contribution in [0.15, 0.2) is 11.7 Å². The van der Waals surface area contributed by atoms with Crippen LogP contribution in [-0.2, 0) is 0 Å². The number of thiazole rings is 1. The van der Waals surface area contributed by atoms with Crippen molar-refractivity contribution < 1.29 is 0 Å². The second-order valence-corrected chi connectivity index (χ2v) is 4.99. The van der Waals surface area contributed by atoms with Crippen LogP contribution in [0.4, 0.5) is 0 Å². The molecule has 0 amide bonds. The molecule has 13 heavy (non-hydrogen) atoms. The van der Waals surface area contributed by atoms with E-state index in [1.807, 2.05) is 11.7 Å². The van der Waals surface area contributed by atoms with Crippen molar-refractivity contribution in [3.63, 3.8) is 0 Å². The summed E-state index contributed by atoms with van der Waals surface area (Å²) in [5, 5.41) is 3.48. The van der Waals surface area contributed by atoms with Crippen LogP contribution < -0.4 is 5.32 Å². The summed E-state index contributed by atoms with van der Waals surface area (Å²) in [6.07, 6.45) is 3.37. The van der Waals surface area contributed by atoms with Gasteiger partial charge in [-0.25, -0.2) is 0 Å².